The summed E-state index contributed by atoms with van der Waals surface area (Å²) in [6.45, 7) is 8.23. The van der Waals surface area contributed by atoms with Gasteiger partial charge in [0.1, 0.15) is 0 Å². The van der Waals surface area contributed by atoms with Gasteiger partial charge in [0.25, 0.3) is 0 Å². The topological polar surface area (TPSA) is 18.5 Å². The van der Waals surface area contributed by atoms with E-state index >= 15 is 0 Å². The van der Waals surface area contributed by atoms with Crippen LogP contribution in [0.2, 0.25) is 5.02 Å². The van der Waals surface area contributed by atoms with Crippen molar-refractivity contribution in [1.82, 2.24) is 0 Å². The van der Waals surface area contributed by atoms with Crippen molar-refractivity contribution in [2.45, 2.75) is 43.8 Å². The van der Waals surface area contributed by atoms with Gasteiger partial charge in [0.15, 0.2) is 0 Å². The summed E-state index contributed by atoms with van der Waals surface area (Å²) in [5.41, 5.74) is 0.422. The molecule has 1 aliphatic heterocycles. The van der Waals surface area contributed by atoms with Gasteiger partial charge in [0.05, 0.1) is 11.2 Å². The summed E-state index contributed by atoms with van der Waals surface area (Å²) in [5, 5.41) is 0.736. The molecule has 0 unspecified atom stereocenters. The number of rotatable bonds is 2. The number of hydrogen-bond acceptors (Lipinski definition) is 3. The molecule has 1 heterocycles. The summed E-state index contributed by atoms with van der Waals surface area (Å²) in [5.74, 6) is 0. The van der Waals surface area contributed by atoms with Crippen molar-refractivity contribution in [3.63, 3.8) is 0 Å². The van der Waals surface area contributed by atoms with Crippen LogP contribution >= 0.6 is 23.4 Å². The predicted molar refractivity (Wildman–Crippen MR) is 78.9 cm³/mol. The molecule has 0 N–H and O–H groups in total. The zero-order valence-corrected chi connectivity index (χ0v) is 13.0. The fourth-order valence-electron chi connectivity index (χ4n) is 1.85. The Morgan fingerprint density at radius 1 is 1.11 bits per heavy atom. The lowest BCUT2D eigenvalue weighted by molar-refractivity contribution is 0.00578. The van der Waals surface area contributed by atoms with Crippen LogP contribution in [0.1, 0.15) is 27.7 Å². The monoisotopic (exact) mass is 284 g/mol. The average Bonchev–Trinajstić information content (AvgIpc) is 2.47. The maximum absolute atomic E-state index is 6.05. The Morgan fingerprint density at radius 3 is 2.17 bits per heavy atom. The molecule has 0 atom stereocenters. The van der Waals surface area contributed by atoms with Crippen molar-refractivity contribution >= 4 is 35.9 Å². The largest absolute Gasteiger partial charge is 0.495 e. The maximum atomic E-state index is 6.05. The normalized spacial score (nSPS) is 21.3. The molecular weight excluding hydrogens is 266 g/mol. The molecule has 0 amide bonds. The summed E-state index contributed by atoms with van der Waals surface area (Å²) >= 11 is 7.67. The molecule has 0 radical (unpaired) electrons. The highest BCUT2D eigenvalue weighted by Gasteiger charge is 2.52. The number of hydrogen-bond donors (Lipinski definition) is 0. The lowest BCUT2D eigenvalue weighted by Crippen LogP contribution is -2.41. The minimum Gasteiger partial charge on any atom is -0.399 e. The molecule has 0 spiro atoms. The highest BCUT2D eigenvalue weighted by Crippen LogP contribution is 2.37. The van der Waals surface area contributed by atoms with Gasteiger partial charge in [-0.15, -0.1) is 11.8 Å². The first-order valence-electron chi connectivity index (χ1n) is 5.96. The molecule has 2 nitrogen and oxygen atoms in total. The van der Waals surface area contributed by atoms with E-state index in [9.17, 15) is 0 Å². The van der Waals surface area contributed by atoms with Crippen LogP contribution in [0, 0.1) is 0 Å². The highest BCUT2D eigenvalue weighted by atomic mass is 35.5. The average molecular weight is 285 g/mol. The standard InChI is InChI=1S/C13H18BClO2S/c1-12(2)13(3,4)17-14(16-12)10-7-6-9(15)8-11(10)18-5/h6-8H,1-5H3. The van der Waals surface area contributed by atoms with Gasteiger partial charge in [-0.2, -0.15) is 0 Å². The van der Waals surface area contributed by atoms with E-state index in [1.54, 1.807) is 11.8 Å². The zero-order chi connectivity index (χ0) is 13.6. The molecule has 18 heavy (non-hydrogen) atoms. The maximum Gasteiger partial charge on any atom is 0.495 e. The molecule has 2 rings (SSSR count). The second-order valence-corrected chi connectivity index (χ2v) is 6.76. The SMILES string of the molecule is CSc1cc(Cl)ccc1B1OC(C)(C)C(C)(C)O1. The van der Waals surface area contributed by atoms with Crippen LogP contribution in [-0.4, -0.2) is 24.6 Å². The van der Waals surface area contributed by atoms with E-state index in [4.69, 9.17) is 20.9 Å². The minimum atomic E-state index is -0.324. The summed E-state index contributed by atoms with van der Waals surface area (Å²) in [4.78, 5) is 1.10. The van der Waals surface area contributed by atoms with E-state index in [0.29, 0.717) is 0 Å². The smallest absolute Gasteiger partial charge is 0.399 e. The van der Waals surface area contributed by atoms with Crippen molar-refractivity contribution in [3.8, 4) is 0 Å². The molecule has 98 valence electrons. The molecule has 0 saturated carbocycles. The molecule has 1 fully saturated rings. The minimum absolute atomic E-state index is 0.313. The Bertz CT molecular complexity index is 446. The van der Waals surface area contributed by atoms with Crippen molar-refractivity contribution in [3.05, 3.63) is 23.2 Å². The third-order valence-electron chi connectivity index (χ3n) is 3.70. The lowest BCUT2D eigenvalue weighted by Gasteiger charge is -2.32. The Kier molecular flexibility index (Phi) is 3.76. The quantitative estimate of drug-likeness (QED) is 0.613. The molecule has 1 aromatic carbocycles. The van der Waals surface area contributed by atoms with Gasteiger partial charge in [0.2, 0.25) is 0 Å². The van der Waals surface area contributed by atoms with Crippen LogP contribution in [0.3, 0.4) is 0 Å². The van der Waals surface area contributed by atoms with E-state index in [-0.39, 0.29) is 18.3 Å². The molecule has 1 aromatic rings. The number of benzene rings is 1. The first kappa shape index (κ1) is 14.3. The Labute approximate surface area is 119 Å². The van der Waals surface area contributed by atoms with Crippen molar-refractivity contribution in [2.24, 2.45) is 0 Å². The third-order valence-corrected chi connectivity index (χ3v) is 4.73. The van der Waals surface area contributed by atoms with E-state index in [2.05, 4.69) is 27.7 Å². The first-order chi connectivity index (χ1) is 8.27. The van der Waals surface area contributed by atoms with Crippen molar-refractivity contribution in [2.75, 3.05) is 6.26 Å². The van der Waals surface area contributed by atoms with Gasteiger partial charge >= 0.3 is 7.12 Å². The predicted octanol–water partition coefficient (Wildman–Crippen LogP) is 3.36. The van der Waals surface area contributed by atoms with Crippen LogP contribution in [0.15, 0.2) is 23.1 Å². The van der Waals surface area contributed by atoms with E-state index in [1.165, 1.54) is 0 Å². The van der Waals surface area contributed by atoms with Gasteiger partial charge in [-0.3, -0.25) is 0 Å². The summed E-state index contributed by atoms with van der Waals surface area (Å²) in [6.07, 6.45) is 2.03. The fourth-order valence-corrected chi connectivity index (χ4v) is 2.73. The fraction of sp³-hybridized carbons (Fsp3) is 0.538. The summed E-state index contributed by atoms with van der Waals surface area (Å²) in [6, 6.07) is 5.81. The molecule has 1 aliphatic rings. The lowest BCUT2D eigenvalue weighted by atomic mass is 9.79. The summed E-state index contributed by atoms with van der Waals surface area (Å²) in [7, 11) is -0.324. The van der Waals surface area contributed by atoms with Gasteiger partial charge in [-0.05, 0) is 51.5 Å². The zero-order valence-electron chi connectivity index (χ0n) is 11.4. The second-order valence-electron chi connectivity index (χ2n) is 5.47. The van der Waals surface area contributed by atoms with Gasteiger partial charge in [0, 0.05) is 9.92 Å². The van der Waals surface area contributed by atoms with Crippen LogP contribution in [0.4, 0.5) is 0 Å². The van der Waals surface area contributed by atoms with Crippen LogP contribution in [0.25, 0.3) is 0 Å². The summed E-state index contributed by atoms with van der Waals surface area (Å²) < 4.78 is 12.1. The van der Waals surface area contributed by atoms with Gasteiger partial charge in [-0.1, -0.05) is 17.7 Å². The van der Waals surface area contributed by atoms with E-state index < -0.39 is 0 Å². The van der Waals surface area contributed by atoms with Gasteiger partial charge < -0.3 is 9.31 Å². The van der Waals surface area contributed by atoms with Gasteiger partial charge in [-0.25, -0.2) is 0 Å². The first-order valence-corrected chi connectivity index (χ1v) is 7.56. The molecule has 1 saturated heterocycles. The third kappa shape index (κ3) is 2.44. The molecule has 0 aromatic heterocycles. The van der Waals surface area contributed by atoms with Crippen LogP contribution in [0.5, 0.6) is 0 Å². The molecular formula is C13H18BClO2S. The Morgan fingerprint density at radius 2 is 1.67 bits per heavy atom. The molecule has 0 bridgehead atoms. The molecule has 5 heteroatoms. The second kappa shape index (κ2) is 4.75. The number of halogens is 1. The Balaban J connectivity index is 2.35. The Hall–Kier alpha value is -0.155. The van der Waals surface area contributed by atoms with Crippen LogP contribution < -0.4 is 5.46 Å². The van der Waals surface area contributed by atoms with Crippen LogP contribution in [-0.2, 0) is 9.31 Å². The van der Waals surface area contributed by atoms with E-state index in [0.717, 1.165) is 15.4 Å². The molecule has 0 aliphatic carbocycles. The van der Waals surface area contributed by atoms with Crippen molar-refractivity contribution < 1.29 is 9.31 Å². The number of thioether (sulfide) groups is 1. The highest BCUT2D eigenvalue weighted by molar-refractivity contribution is 7.98. The van der Waals surface area contributed by atoms with E-state index in [1.807, 2.05) is 24.5 Å². The van der Waals surface area contributed by atoms with Crippen molar-refractivity contribution in [1.29, 1.82) is 0 Å².